The normalized spacial score (nSPS) is 8.69. The molecule has 0 radical (unpaired) electrons. The Morgan fingerprint density at radius 3 is 2.62 bits per heavy atom. The van der Waals surface area contributed by atoms with Gasteiger partial charge in [-0.05, 0) is 24.4 Å². The van der Waals surface area contributed by atoms with Gasteiger partial charge in [0.05, 0.1) is 0 Å². The van der Waals surface area contributed by atoms with Crippen LogP contribution >= 0.6 is 12.2 Å². The lowest BCUT2D eigenvalue weighted by Crippen LogP contribution is -2.21. The summed E-state index contributed by atoms with van der Waals surface area (Å²) in [6.45, 7) is 0. The van der Waals surface area contributed by atoms with E-state index in [0.717, 1.165) is 5.69 Å². The second-order valence-corrected chi connectivity index (χ2v) is 2.75. The highest BCUT2D eigenvalue weighted by Gasteiger charge is 2.03. The highest BCUT2D eigenvalue weighted by Crippen LogP contribution is 2.11. The molecule has 0 aliphatic carbocycles. The van der Waals surface area contributed by atoms with Crippen molar-refractivity contribution in [3.8, 4) is 0 Å². The smallest absolute Gasteiger partial charge is 0.242 e. The molecule has 0 N–H and O–H groups in total. The van der Waals surface area contributed by atoms with Gasteiger partial charge >= 0.3 is 0 Å². The van der Waals surface area contributed by atoms with E-state index in [1.54, 1.807) is 11.9 Å². The van der Waals surface area contributed by atoms with Gasteiger partial charge in [0.25, 0.3) is 0 Å². The van der Waals surface area contributed by atoms with Gasteiger partial charge in [-0.2, -0.15) is 0 Å². The quantitative estimate of drug-likeness (QED) is 0.386. The van der Waals surface area contributed by atoms with Crippen molar-refractivity contribution in [3.05, 3.63) is 30.3 Å². The molecule has 0 bridgehead atoms. The molecule has 0 unspecified atom stereocenters. The number of hydrogen-bond acceptors (Lipinski definition) is 2. The number of hydrogen-bond donors (Lipinski definition) is 0. The van der Waals surface area contributed by atoms with Crippen LogP contribution in [0.2, 0.25) is 0 Å². The molecule has 1 aromatic carbocycles. The van der Waals surface area contributed by atoms with E-state index in [4.69, 9.17) is 12.2 Å². The van der Waals surface area contributed by atoms with Gasteiger partial charge in [-0.25, -0.2) is 4.79 Å². The summed E-state index contributed by atoms with van der Waals surface area (Å²) >= 11 is 4.85. The highest BCUT2D eigenvalue weighted by atomic mass is 32.1. The first-order chi connectivity index (χ1) is 6.25. The van der Waals surface area contributed by atoms with Crippen molar-refractivity contribution in [2.75, 3.05) is 11.9 Å². The number of anilines is 1. The van der Waals surface area contributed by atoms with Gasteiger partial charge in [0, 0.05) is 12.7 Å². The number of aliphatic imine (C=N–C) groups is 1. The summed E-state index contributed by atoms with van der Waals surface area (Å²) in [5.41, 5.74) is 0.895. The zero-order chi connectivity index (χ0) is 9.68. The molecule has 0 aliphatic rings. The number of benzene rings is 1. The van der Waals surface area contributed by atoms with Gasteiger partial charge in [-0.15, -0.1) is 4.99 Å². The maximum atomic E-state index is 9.95. The molecule has 0 atom stereocenters. The van der Waals surface area contributed by atoms with Crippen LogP contribution < -0.4 is 4.90 Å². The van der Waals surface area contributed by atoms with Crippen LogP contribution in [0.4, 0.5) is 5.69 Å². The lowest BCUT2D eigenvalue weighted by molar-refractivity contribution is 0.565. The number of isocyanates is 1. The summed E-state index contributed by atoms with van der Waals surface area (Å²) in [7, 11) is 1.75. The largest absolute Gasteiger partial charge is 0.320 e. The van der Waals surface area contributed by atoms with Crippen LogP contribution in [0.3, 0.4) is 0 Å². The van der Waals surface area contributed by atoms with E-state index in [-0.39, 0.29) is 5.11 Å². The summed E-state index contributed by atoms with van der Waals surface area (Å²) < 4.78 is 0. The standard InChI is InChI=1S/C9H8N2OS/c1-11(9(13)10-7-12)8-5-3-2-4-6-8/h2-6H,1H3. The third kappa shape index (κ3) is 2.47. The summed E-state index contributed by atoms with van der Waals surface area (Å²) in [6, 6.07) is 9.45. The zero-order valence-corrected chi connectivity index (χ0v) is 7.91. The minimum atomic E-state index is 0.209. The molecule has 0 aliphatic heterocycles. The van der Waals surface area contributed by atoms with Crippen molar-refractivity contribution in [2.45, 2.75) is 0 Å². The molecule has 0 saturated carbocycles. The van der Waals surface area contributed by atoms with Crippen LogP contribution in [0.5, 0.6) is 0 Å². The molecule has 0 fully saturated rings. The van der Waals surface area contributed by atoms with Gasteiger partial charge in [-0.1, -0.05) is 18.2 Å². The van der Waals surface area contributed by atoms with Gasteiger partial charge in [0.2, 0.25) is 11.2 Å². The Balaban J connectivity index is 2.85. The molecule has 0 amide bonds. The lowest BCUT2D eigenvalue weighted by atomic mass is 10.3. The van der Waals surface area contributed by atoms with Gasteiger partial charge in [0.1, 0.15) is 0 Å². The zero-order valence-electron chi connectivity index (χ0n) is 7.10. The monoisotopic (exact) mass is 192 g/mol. The van der Waals surface area contributed by atoms with E-state index in [0.29, 0.717) is 0 Å². The predicted molar refractivity (Wildman–Crippen MR) is 55.6 cm³/mol. The Morgan fingerprint density at radius 2 is 2.08 bits per heavy atom. The average Bonchev–Trinajstić information content (AvgIpc) is 2.18. The van der Waals surface area contributed by atoms with E-state index in [1.165, 1.54) is 6.08 Å². The summed E-state index contributed by atoms with van der Waals surface area (Å²) in [6.07, 6.45) is 1.41. The Kier molecular flexibility index (Phi) is 3.31. The van der Waals surface area contributed by atoms with E-state index in [1.807, 2.05) is 30.3 Å². The molecule has 3 nitrogen and oxygen atoms in total. The van der Waals surface area contributed by atoms with Crippen LogP contribution in [-0.4, -0.2) is 18.2 Å². The van der Waals surface area contributed by atoms with Crippen LogP contribution in [0.25, 0.3) is 0 Å². The first kappa shape index (κ1) is 9.58. The molecule has 0 saturated heterocycles. The summed E-state index contributed by atoms with van der Waals surface area (Å²) in [5, 5.41) is 0.209. The predicted octanol–water partition coefficient (Wildman–Crippen LogP) is 1.74. The molecule has 0 aromatic heterocycles. The molecule has 66 valence electrons. The van der Waals surface area contributed by atoms with E-state index < -0.39 is 0 Å². The van der Waals surface area contributed by atoms with Gasteiger partial charge in [-0.3, -0.25) is 0 Å². The first-order valence-electron chi connectivity index (χ1n) is 3.66. The van der Waals surface area contributed by atoms with Crippen LogP contribution in [0, 0.1) is 0 Å². The number of para-hydroxylation sites is 1. The summed E-state index contributed by atoms with van der Waals surface area (Å²) in [4.78, 5) is 14.9. The van der Waals surface area contributed by atoms with Crippen molar-refractivity contribution in [1.29, 1.82) is 0 Å². The number of thiocarbonyl (C=S) groups is 1. The van der Waals surface area contributed by atoms with Crippen molar-refractivity contribution >= 4 is 29.1 Å². The van der Waals surface area contributed by atoms with Crippen LogP contribution in [0.1, 0.15) is 0 Å². The molecule has 1 rings (SSSR count). The van der Waals surface area contributed by atoms with Crippen molar-refractivity contribution in [1.82, 2.24) is 0 Å². The van der Waals surface area contributed by atoms with Crippen molar-refractivity contribution in [3.63, 3.8) is 0 Å². The Hall–Kier alpha value is -1.51. The van der Waals surface area contributed by atoms with Crippen LogP contribution in [0.15, 0.2) is 35.3 Å². The van der Waals surface area contributed by atoms with E-state index in [9.17, 15) is 4.79 Å². The molecular weight excluding hydrogens is 184 g/mol. The van der Waals surface area contributed by atoms with Gasteiger partial charge in [0.15, 0.2) is 0 Å². The van der Waals surface area contributed by atoms with E-state index in [2.05, 4.69) is 4.99 Å². The SMILES string of the molecule is CN(C(=S)N=C=O)c1ccccc1. The maximum absolute atomic E-state index is 9.95. The second kappa shape index (κ2) is 4.50. The van der Waals surface area contributed by atoms with Crippen molar-refractivity contribution in [2.24, 2.45) is 4.99 Å². The lowest BCUT2D eigenvalue weighted by Gasteiger charge is -2.15. The molecular formula is C9H8N2OS. The number of rotatable bonds is 1. The maximum Gasteiger partial charge on any atom is 0.242 e. The molecule has 1 aromatic rings. The van der Waals surface area contributed by atoms with Crippen LogP contribution in [-0.2, 0) is 4.79 Å². The Bertz CT molecular complexity index is 344. The fourth-order valence-electron chi connectivity index (χ4n) is 0.876. The molecule has 0 spiro atoms. The van der Waals surface area contributed by atoms with Crippen molar-refractivity contribution < 1.29 is 4.79 Å². The topological polar surface area (TPSA) is 32.7 Å². The highest BCUT2D eigenvalue weighted by molar-refractivity contribution is 7.80. The number of nitrogens with zero attached hydrogens (tertiary/aromatic N) is 2. The molecule has 13 heavy (non-hydrogen) atoms. The Morgan fingerprint density at radius 1 is 1.46 bits per heavy atom. The number of carbonyl (C=O) groups excluding carboxylic acids is 1. The third-order valence-corrected chi connectivity index (χ3v) is 1.94. The fraction of sp³-hybridized carbons (Fsp3) is 0.111. The third-order valence-electron chi connectivity index (χ3n) is 1.57. The molecule has 4 heteroatoms. The average molecular weight is 192 g/mol. The Labute approximate surface area is 81.7 Å². The van der Waals surface area contributed by atoms with E-state index >= 15 is 0 Å². The van der Waals surface area contributed by atoms with Gasteiger partial charge < -0.3 is 4.90 Å². The minimum absolute atomic E-state index is 0.209. The first-order valence-corrected chi connectivity index (χ1v) is 4.07. The fourth-order valence-corrected chi connectivity index (χ4v) is 1.02. The molecule has 0 heterocycles. The minimum Gasteiger partial charge on any atom is -0.320 e. The summed E-state index contributed by atoms with van der Waals surface area (Å²) in [5.74, 6) is 0. The second-order valence-electron chi connectivity index (χ2n) is 2.38.